The summed E-state index contributed by atoms with van der Waals surface area (Å²) in [5.41, 5.74) is 0.893. The average Bonchev–Trinajstić information content (AvgIpc) is 2.87. The molecule has 1 saturated carbocycles. The van der Waals surface area contributed by atoms with Gasteiger partial charge in [-0.2, -0.15) is 5.26 Å². The summed E-state index contributed by atoms with van der Waals surface area (Å²) in [6, 6.07) is 9.05. The van der Waals surface area contributed by atoms with Crippen molar-refractivity contribution in [2.75, 3.05) is 6.61 Å². The molecule has 20 heavy (non-hydrogen) atoms. The Morgan fingerprint density at radius 1 is 1.15 bits per heavy atom. The fourth-order valence-corrected chi connectivity index (χ4v) is 4.01. The molecule has 106 valence electrons. The van der Waals surface area contributed by atoms with Gasteiger partial charge in [-0.1, -0.05) is 25.0 Å². The summed E-state index contributed by atoms with van der Waals surface area (Å²) >= 11 is 0. The molecule has 1 aromatic rings. The molecule has 0 radical (unpaired) electrons. The Morgan fingerprint density at radius 3 is 2.50 bits per heavy atom. The van der Waals surface area contributed by atoms with Crippen molar-refractivity contribution < 1.29 is 9.13 Å². The molecule has 1 aliphatic carbocycles. The maximum Gasteiger partial charge on any atom is 0.123 e. The number of halogens is 1. The Balaban J connectivity index is 1.95. The van der Waals surface area contributed by atoms with E-state index < -0.39 is 0 Å². The first-order chi connectivity index (χ1) is 9.68. The van der Waals surface area contributed by atoms with Crippen molar-refractivity contribution in [3.05, 3.63) is 35.6 Å². The van der Waals surface area contributed by atoms with Gasteiger partial charge >= 0.3 is 0 Å². The predicted molar refractivity (Wildman–Crippen MR) is 74.7 cm³/mol. The Labute approximate surface area is 119 Å². The van der Waals surface area contributed by atoms with Crippen LogP contribution in [0.4, 0.5) is 4.39 Å². The third-order valence-electron chi connectivity index (χ3n) is 5.04. The molecule has 2 nitrogen and oxygen atoms in total. The van der Waals surface area contributed by atoms with Crippen molar-refractivity contribution in [1.82, 2.24) is 0 Å². The molecule has 1 spiro atoms. The average molecular weight is 273 g/mol. The molecule has 1 atom stereocenters. The molecule has 0 amide bonds. The highest BCUT2D eigenvalue weighted by Crippen LogP contribution is 2.49. The first-order valence-electron chi connectivity index (χ1n) is 7.45. The normalized spacial score (nSPS) is 28.4. The minimum atomic E-state index is -0.219. The standard InChI is InChI=1S/C17H20FNO/c18-15-5-3-14(4-6-15)16(9-11-19)10-12-20-17(13-16)7-1-2-8-17/h3-6H,1-2,7-10,12-13H2. The van der Waals surface area contributed by atoms with Crippen LogP contribution in [0.2, 0.25) is 0 Å². The molecule has 2 fully saturated rings. The Kier molecular flexibility index (Phi) is 3.52. The van der Waals surface area contributed by atoms with E-state index in [1.807, 2.05) is 12.1 Å². The van der Waals surface area contributed by atoms with Gasteiger partial charge < -0.3 is 4.74 Å². The van der Waals surface area contributed by atoms with Crippen molar-refractivity contribution >= 4 is 0 Å². The van der Waals surface area contributed by atoms with Crippen molar-refractivity contribution in [3.63, 3.8) is 0 Å². The fraction of sp³-hybridized carbons (Fsp3) is 0.588. The van der Waals surface area contributed by atoms with E-state index in [-0.39, 0.29) is 16.8 Å². The molecular weight excluding hydrogens is 253 g/mol. The smallest absolute Gasteiger partial charge is 0.123 e. The number of ether oxygens (including phenoxy) is 1. The summed E-state index contributed by atoms with van der Waals surface area (Å²) < 4.78 is 19.3. The first kappa shape index (κ1) is 13.6. The quantitative estimate of drug-likeness (QED) is 0.812. The van der Waals surface area contributed by atoms with Crippen molar-refractivity contribution in [2.24, 2.45) is 0 Å². The van der Waals surface area contributed by atoms with Gasteiger partial charge in [0.05, 0.1) is 11.7 Å². The minimum Gasteiger partial charge on any atom is -0.375 e. The van der Waals surface area contributed by atoms with Gasteiger partial charge in [-0.15, -0.1) is 0 Å². The topological polar surface area (TPSA) is 33.0 Å². The Morgan fingerprint density at radius 2 is 1.85 bits per heavy atom. The van der Waals surface area contributed by atoms with Gasteiger partial charge in [-0.25, -0.2) is 4.39 Å². The van der Waals surface area contributed by atoms with E-state index in [0.29, 0.717) is 13.0 Å². The second-order valence-electron chi connectivity index (χ2n) is 6.29. The van der Waals surface area contributed by atoms with Gasteiger partial charge in [0, 0.05) is 18.4 Å². The molecule has 2 aliphatic rings. The molecule has 3 rings (SSSR count). The van der Waals surface area contributed by atoms with Crippen molar-refractivity contribution in [3.8, 4) is 6.07 Å². The Hall–Kier alpha value is -1.40. The number of benzene rings is 1. The summed E-state index contributed by atoms with van der Waals surface area (Å²) in [5.74, 6) is -0.219. The minimum absolute atomic E-state index is 0.0382. The van der Waals surface area contributed by atoms with Crippen LogP contribution in [0.25, 0.3) is 0 Å². The number of rotatable bonds is 2. The van der Waals surface area contributed by atoms with Gasteiger partial charge in [0.25, 0.3) is 0 Å². The largest absolute Gasteiger partial charge is 0.375 e. The fourth-order valence-electron chi connectivity index (χ4n) is 4.01. The lowest BCUT2D eigenvalue weighted by Gasteiger charge is -2.46. The zero-order chi connectivity index (χ0) is 14.1. The molecule has 0 aromatic heterocycles. The molecule has 1 saturated heterocycles. The van der Waals surface area contributed by atoms with E-state index in [9.17, 15) is 9.65 Å². The second kappa shape index (κ2) is 5.18. The second-order valence-corrected chi connectivity index (χ2v) is 6.29. The van der Waals surface area contributed by atoms with Crippen LogP contribution in [0.5, 0.6) is 0 Å². The van der Waals surface area contributed by atoms with Crippen LogP contribution < -0.4 is 0 Å². The van der Waals surface area contributed by atoms with E-state index in [1.54, 1.807) is 0 Å². The number of hydrogen-bond acceptors (Lipinski definition) is 2. The third kappa shape index (κ3) is 2.33. The zero-order valence-corrected chi connectivity index (χ0v) is 11.7. The lowest BCUT2D eigenvalue weighted by atomic mass is 9.66. The van der Waals surface area contributed by atoms with Crippen LogP contribution in [-0.2, 0) is 10.2 Å². The molecule has 1 unspecified atom stereocenters. The number of nitrogens with zero attached hydrogens (tertiary/aromatic N) is 1. The van der Waals surface area contributed by atoms with E-state index >= 15 is 0 Å². The molecule has 1 aromatic carbocycles. The van der Waals surface area contributed by atoms with Gasteiger partial charge in [0.15, 0.2) is 0 Å². The summed E-state index contributed by atoms with van der Waals surface area (Å²) in [5, 5.41) is 9.27. The number of hydrogen-bond donors (Lipinski definition) is 0. The summed E-state index contributed by atoms with van der Waals surface area (Å²) in [6.07, 6.45) is 6.87. The van der Waals surface area contributed by atoms with Crippen LogP contribution in [0.15, 0.2) is 24.3 Å². The van der Waals surface area contributed by atoms with E-state index in [2.05, 4.69) is 6.07 Å². The highest BCUT2D eigenvalue weighted by atomic mass is 19.1. The maximum atomic E-state index is 13.2. The molecular formula is C17H20FNO. The van der Waals surface area contributed by atoms with Crippen molar-refractivity contribution in [2.45, 2.75) is 56.0 Å². The molecule has 1 aliphatic heterocycles. The lowest BCUT2D eigenvalue weighted by Crippen LogP contribution is -2.45. The van der Waals surface area contributed by atoms with E-state index in [4.69, 9.17) is 4.74 Å². The van der Waals surface area contributed by atoms with Gasteiger partial charge in [-0.05, 0) is 43.4 Å². The summed E-state index contributed by atoms with van der Waals surface area (Å²) in [6.45, 7) is 0.707. The molecule has 3 heteroatoms. The van der Waals surface area contributed by atoms with E-state index in [1.165, 1.54) is 25.0 Å². The zero-order valence-electron chi connectivity index (χ0n) is 11.7. The van der Waals surface area contributed by atoms with Crippen LogP contribution in [0.3, 0.4) is 0 Å². The van der Waals surface area contributed by atoms with Crippen molar-refractivity contribution in [1.29, 1.82) is 5.26 Å². The number of nitriles is 1. The third-order valence-corrected chi connectivity index (χ3v) is 5.04. The first-order valence-corrected chi connectivity index (χ1v) is 7.45. The van der Waals surface area contributed by atoms with Crippen LogP contribution in [0, 0.1) is 17.1 Å². The lowest BCUT2D eigenvalue weighted by molar-refractivity contribution is -0.101. The monoisotopic (exact) mass is 273 g/mol. The van der Waals surface area contributed by atoms with Gasteiger partial charge in [-0.3, -0.25) is 0 Å². The summed E-state index contributed by atoms with van der Waals surface area (Å²) in [4.78, 5) is 0. The van der Waals surface area contributed by atoms with Crippen LogP contribution in [0.1, 0.15) is 50.5 Å². The van der Waals surface area contributed by atoms with Gasteiger partial charge in [0.2, 0.25) is 0 Å². The molecule has 0 bridgehead atoms. The summed E-state index contributed by atoms with van der Waals surface area (Å²) in [7, 11) is 0. The molecule has 0 N–H and O–H groups in total. The van der Waals surface area contributed by atoms with E-state index in [0.717, 1.165) is 31.2 Å². The Bertz CT molecular complexity index is 513. The maximum absolute atomic E-state index is 13.2. The highest BCUT2D eigenvalue weighted by Gasteiger charge is 2.47. The van der Waals surface area contributed by atoms with Crippen LogP contribution >= 0.6 is 0 Å². The van der Waals surface area contributed by atoms with Gasteiger partial charge in [0.1, 0.15) is 5.82 Å². The predicted octanol–water partition coefficient (Wildman–Crippen LogP) is 4.10. The van der Waals surface area contributed by atoms with Crippen LogP contribution in [-0.4, -0.2) is 12.2 Å². The highest BCUT2D eigenvalue weighted by molar-refractivity contribution is 5.29. The SMILES string of the molecule is N#CCC1(c2ccc(F)cc2)CCOC2(CCCC2)C1. The molecule has 1 heterocycles.